The van der Waals surface area contributed by atoms with Gasteiger partial charge >= 0.3 is 0 Å². The van der Waals surface area contributed by atoms with E-state index in [4.69, 9.17) is 0 Å². The molecule has 4 saturated carbocycles. The summed E-state index contributed by atoms with van der Waals surface area (Å²) >= 11 is 1.63. The van der Waals surface area contributed by atoms with Gasteiger partial charge in [0.1, 0.15) is 5.78 Å². The minimum Gasteiger partial charge on any atom is -0.363 e. The molecule has 4 heteroatoms. The maximum absolute atomic E-state index is 12.7. The largest absolute Gasteiger partial charge is 0.363 e. The van der Waals surface area contributed by atoms with Crippen molar-refractivity contribution in [3.8, 4) is 0 Å². The number of amidine groups is 1. The predicted molar refractivity (Wildman–Crippen MR) is 78.4 cm³/mol. The van der Waals surface area contributed by atoms with Crippen LogP contribution in [-0.4, -0.2) is 29.8 Å². The van der Waals surface area contributed by atoms with Gasteiger partial charge in [-0.05, 0) is 56.3 Å². The average Bonchev–Trinajstić information content (AvgIpc) is 2.87. The van der Waals surface area contributed by atoms with E-state index in [1.807, 2.05) is 0 Å². The van der Waals surface area contributed by atoms with Crippen LogP contribution in [0.2, 0.25) is 0 Å². The molecule has 1 aliphatic heterocycles. The van der Waals surface area contributed by atoms with E-state index in [0.717, 1.165) is 36.0 Å². The van der Waals surface area contributed by atoms with E-state index in [0.29, 0.717) is 11.5 Å². The normalized spacial score (nSPS) is 43.2. The van der Waals surface area contributed by atoms with E-state index in [2.05, 4.69) is 10.3 Å². The van der Waals surface area contributed by atoms with Gasteiger partial charge in [-0.25, -0.2) is 0 Å². The van der Waals surface area contributed by atoms with Crippen molar-refractivity contribution >= 4 is 22.7 Å². The molecule has 3 nitrogen and oxygen atoms in total. The molecule has 0 aromatic rings. The molecule has 0 radical (unpaired) electrons. The zero-order valence-electron chi connectivity index (χ0n) is 11.4. The lowest BCUT2D eigenvalue weighted by molar-refractivity contribution is -0.140. The number of hydrogen-bond donors (Lipinski definition) is 1. The van der Waals surface area contributed by atoms with Crippen LogP contribution in [0.4, 0.5) is 0 Å². The van der Waals surface area contributed by atoms with Gasteiger partial charge in [0, 0.05) is 12.0 Å². The van der Waals surface area contributed by atoms with E-state index < -0.39 is 0 Å². The molecule has 0 amide bonds. The third-order valence-electron chi connectivity index (χ3n) is 5.61. The van der Waals surface area contributed by atoms with Gasteiger partial charge in [-0.2, -0.15) is 0 Å². The van der Waals surface area contributed by atoms with Crippen molar-refractivity contribution in [2.24, 2.45) is 28.2 Å². The van der Waals surface area contributed by atoms with Gasteiger partial charge in [0.2, 0.25) is 0 Å². The Bertz CT molecular complexity index is 397. The zero-order valence-corrected chi connectivity index (χ0v) is 12.2. The second-order valence-corrected chi connectivity index (χ2v) is 7.99. The first-order valence-corrected chi connectivity index (χ1v) is 8.66. The van der Waals surface area contributed by atoms with Crippen LogP contribution in [0.3, 0.4) is 0 Å². The average molecular weight is 278 g/mol. The fourth-order valence-corrected chi connectivity index (χ4v) is 6.17. The fraction of sp³-hybridized carbons (Fsp3) is 0.867. The molecular formula is C15H22N2OS. The molecule has 0 aromatic heterocycles. The molecule has 4 aliphatic carbocycles. The van der Waals surface area contributed by atoms with E-state index >= 15 is 0 Å². The Morgan fingerprint density at radius 3 is 2.37 bits per heavy atom. The van der Waals surface area contributed by atoms with Crippen LogP contribution in [0.25, 0.3) is 0 Å². The molecular weight excluding hydrogens is 256 g/mol. The Kier molecular flexibility index (Phi) is 2.90. The first-order valence-electron chi connectivity index (χ1n) is 7.68. The summed E-state index contributed by atoms with van der Waals surface area (Å²) in [7, 11) is 0. The molecule has 0 atom stereocenters. The maximum Gasteiger partial charge on any atom is 0.157 e. The van der Waals surface area contributed by atoms with Gasteiger partial charge in [-0.3, -0.25) is 9.79 Å². The number of aliphatic imine (C=N–C) groups is 1. The van der Waals surface area contributed by atoms with Crippen LogP contribution < -0.4 is 5.32 Å². The highest BCUT2D eigenvalue weighted by atomic mass is 32.2. The Hall–Kier alpha value is -0.510. The summed E-state index contributed by atoms with van der Waals surface area (Å²) in [4.78, 5) is 17.1. The molecule has 1 N–H and O–H groups in total. The molecule has 1 heterocycles. The number of nitrogens with zero attached hydrogens (tertiary/aromatic N) is 1. The van der Waals surface area contributed by atoms with Crippen LogP contribution in [0, 0.1) is 23.2 Å². The maximum atomic E-state index is 12.7. The van der Waals surface area contributed by atoms with Gasteiger partial charge < -0.3 is 5.32 Å². The van der Waals surface area contributed by atoms with Crippen molar-refractivity contribution < 1.29 is 4.79 Å². The van der Waals surface area contributed by atoms with Crippen LogP contribution >= 0.6 is 11.8 Å². The molecule has 0 saturated heterocycles. The summed E-state index contributed by atoms with van der Waals surface area (Å²) in [5.74, 6) is 3.75. The van der Waals surface area contributed by atoms with Gasteiger partial charge in [0.05, 0.1) is 12.3 Å². The monoisotopic (exact) mass is 278 g/mol. The van der Waals surface area contributed by atoms with E-state index in [9.17, 15) is 4.79 Å². The topological polar surface area (TPSA) is 41.5 Å². The number of carbonyl (C=O) groups is 1. The van der Waals surface area contributed by atoms with E-state index in [1.165, 1.54) is 38.5 Å². The molecule has 5 rings (SSSR count). The minimum atomic E-state index is 0.0704. The van der Waals surface area contributed by atoms with Gasteiger partial charge in [-0.1, -0.05) is 11.8 Å². The van der Waals surface area contributed by atoms with Crippen molar-refractivity contribution in [3.05, 3.63) is 0 Å². The number of Topliss-reactive ketones (excluding diaryl/α,β-unsaturated/α-hetero) is 1. The molecule has 0 spiro atoms. The third kappa shape index (κ3) is 2.12. The molecule has 19 heavy (non-hydrogen) atoms. The smallest absolute Gasteiger partial charge is 0.157 e. The van der Waals surface area contributed by atoms with E-state index in [-0.39, 0.29) is 5.41 Å². The summed E-state index contributed by atoms with van der Waals surface area (Å²) in [6.45, 7) is 1.81. The molecule has 4 bridgehead atoms. The number of carbonyl (C=O) groups excluding carboxylic acids is 1. The summed E-state index contributed by atoms with van der Waals surface area (Å²) in [6, 6.07) is 0. The van der Waals surface area contributed by atoms with E-state index in [1.54, 1.807) is 11.8 Å². The Morgan fingerprint density at radius 2 is 1.84 bits per heavy atom. The highest BCUT2D eigenvalue weighted by Crippen LogP contribution is 2.60. The minimum absolute atomic E-state index is 0.0704. The summed E-state index contributed by atoms with van der Waals surface area (Å²) in [6.07, 6.45) is 7.81. The van der Waals surface area contributed by atoms with Crippen molar-refractivity contribution in [3.63, 3.8) is 0 Å². The third-order valence-corrected chi connectivity index (χ3v) is 6.57. The van der Waals surface area contributed by atoms with Crippen molar-refractivity contribution in [2.45, 2.75) is 38.5 Å². The number of hydrogen-bond acceptors (Lipinski definition) is 4. The highest BCUT2D eigenvalue weighted by Gasteiger charge is 2.54. The SMILES string of the molecule is O=C(CSC1=NCCN1)C12CC3CC(CC(C3)C1)C2. The lowest BCUT2D eigenvalue weighted by Crippen LogP contribution is -2.50. The first kappa shape index (κ1) is 12.2. The van der Waals surface area contributed by atoms with Gasteiger partial charge in [0.25, 0.3) is 0 Å². The summed E-state index contributed by atoms with van der Waals surface area (Å²) in [5.41, 5.74) is 0.0704. The highest BCUT2D eigenvalue weighted by molar-refractivity contribution is 8.14. The first-order chi connectivity index (χ1) is 9.23. The van der Waals surface area contributed by atoms with Gasteiger partial charge in [-0.15, -0.1) is 0 Å². The van der Waals surface area contributed by atoms with Crippen LogP contribution in [0.15, 0.2) is 4.99 Å². The summed E-state index contributed by atoms with van der Waals surface area (Å²) < 4.78 is 0. The second kappa shape index (κ2) is 4.51. The Morgan fingerprint density at radius 1 is 1.21 bits per heavy atom. The number of thioether (sulfide) groups is 1. The standard InChI is InChI=1S/C15H22N2OS/c18-13(9-19-14-16-1-2-17-14)15-6-10-3-11(7-15)5-12(4-10)8-15/h10-12H,1-9H2,(H,16,17). The van der Waals surface area contributed by atoms with Crippen molar-refractivity contribution in [1.82, 2.24) is 5.32 Å². The van der Waals surface area contributed by atoms with Crippen molar-refractivity contribution in [1.29, 1.82) is 0 Å². The second-order valence-electron chi connectivity index (χ2n) is 7.02. The van der Waals surface area contributed by atoms with Crippen molar-refractivity contribution in [2.75, 3.05) is 18.8 Å². The summed E-state index contributed by atoms with van der Waals surface area (Å²) in [5, 5.41) is 4.23. The number of nitrogens with one attached hydrogen (secondary N) is 1. The number of rotatable bonds is 3. The van der Waals surface area contributed by atoms with Crippen LogP contribution in [-0.2, 0) is 4.79 Å². The van der Waals surface area contributed by atoms with Gasteiger partial charge in [0.15, 0.2) is 5.17 Å². The molecule has 104 valence electrons. The lowest BCUT2D eigenvalue weighted by Gasteiger charge is -2.56. The fourth-order valence-electron chi connectivity index (χ4n) is 5.21. The molecule has 4 fully saturated rings. The Labute approximate surface area is 119 Å². The lowest BCUT2D eigenvalue weighted by atomic mass is 9.48. The quantitative estimate of drug-likeness (QED) is 0.862. The van der Waals surface area contributed by atoms with Crippen LogP contribution in [0.5, 0.6) is 0 Å². The van der Waals surface area contributed by atoms with Crippen LogP contribution in [0.1, 0.15) is 38.5 Å². The molecule has 0 unspecified atom stereocenters. The zero-order chi connectivity index (χ0) is 12.9. The Balaban J connectivity index is 1.44. The predicted octanol–water partition coefficient (Wildman–Crippen LogP) is 2.46. The number of ketones is 1. The molecule has 5 aliphatic rings. The molecule has 0 aromatic carbocycles.